The van der Waals surface area contributed by atoms with Crippen molar-refractivity contribution in [1.82, 2.24) is 15.1 Å². The van der Waals surface area contributed by atoms with Crippen molar-refractivity contribution in [3.05, 3.63) is 101 Å². The zero-order chi connectivity index (χ0) is 21.2. The number of rotatable bonds is 6. The van der Waals surface area contributed by atoms with E-state index in [9.17, 15) is 4.39 Å². The van der Waals surface area contributed by atoms with Crippen LogP contribution in [-0.4, -0.2) is 15.1 Å². The van der Waals surface area contributed by atoms with Gasteiger partial charge in [0.05, 0.1) is 12.1 Å². The van der Waals surface area contributed by atoms with Crippen molar-refractivity contribution in [3.63, 3.8) is 0 Å². The van der Waals surface area contributed by atoms with E-state index in [-0.39, 0.29) is 5.82 Å². The number of nitrogens with zero attached hydrogens (tertiary/aromatic N) is 2. The van der Waals surface area contributed by atoms with E-state index in [4.69, 9.17) is 20.9 Å². The molecule has 2 heterocycles. The molecular weight excluding hydrogens is 417 g/mol. The molecule has 5 rings (SSSR count). The predicted octanol–water partition coefficient (Wildman–Crippen LogP) is 6.18. The van der Waals surface area contributed by atoms with Gasteiger partial charge in [0, 0.05) is 15.9 Å². The number of halogens is 2. The second-order valence-corrected chi connectivity index (χ2v) is 7.60. The quantitative estimate of drug-likeness (QED) is 0.347. The molecule has 2 aromatic heterocycles. The van der Waals surface area contributed by atoms with Crippen LogP contribution in [0.25, 0.3) is 22.4 Å². The summed E-state index contributed by atoms with van der Waals surface area (Å²) in [6.45, 7) is 0.377. The SMILES string of the molecule is Fc1ccc(COc2ccc(Cc3nc(-c4cc5cc(Cl)ccc5[nH]4)no3)cc2)cc1. The van der Waals surface area contributed by atoms with Crippen LogP contribution in [0.4, 0.5) is 4.39 Å². The lowest BCUT2D eigenvalue weighted by atomic mass is 10.1. The first-order valence-corrected chi connectivity index (χ1v) is 10.1. The van der Waals surface area contributed by atoms with Gasteiger partial charge in [-0.25, -0.2) is 4.39 Å². The molecule has 1 N–H and O–H groups in total. The van der Waals surface area contributed by atoms with Gasteiger partial charge in [0.15, 0.2) is 0 Å². The number of hydrogen-bond donors (Lipinski definition) is 1. The Hall–Kier alpha value is -3.64. The highest BCUT2D eigenvalue weighted by Crippen LogP contribution is 2.25. The Balaban J connectivity index is 1.24. The molecule has 0 aliphatic heterocycles. The third-order valence-corrected chi connectivity index (χ3v) is 5.12. The van der Waals surface area contributed by atoms with Crippen LogP contribution in [0.5, 0.6) is 5.75 Å². The number of aromatic amines is 1. The molecule has 0 unspecified atom stereocenters. The summed E-state index contributed by atoms with van der Waals surface area (Å²) in [5.41, 5.74) is 3.66. The van der Waals surface area contributed by atoms with E-state index in [1.807, 2.05) is 48.5 Å². The van der Waals surface area contributed by atoms with Crippen LogP contribution >= 0.6 is 11.6 Å². The number of hydrogen-bond acceptors (Lipinski definition) is 4. The summed E-state index contributed by atoms with van der Waals surface area (Å²) in [7, 11) is 0. The van der Waals surface area contributed by atoms with Crippen molar-refractivity contribution >= 4 is 22.5 Å². The monoisotopic (exact) mass is 433 g/mol. The first kappa shape index (κ1) is 19.3. The molecule has 31 heavy (non-hydrogen) atoms. The summed E-state index contributed by atoms with van der Waals surface area (Å²) in [5.74, 6) is 1.50. The molecule has 7 heteroatoms. The number of fused-ring (bicyclic) bond motifs is 1. The van der Waals surface area contributed by atoms with E-state index >= 15 is 0 Å². The van der Waals surface area contributed by atoms with Crippen molar-refractivity contribution < 1.29 is 13.7 Å². The minimum Gasteiger partial charge on any atom is -0.489 e. The molecule has 154 valence electrons. The molecule has 0 aliphatic rings. The fraction of sp³-hybridized carbons (Fsp3) is 0.0833. The molecular formula is C24H17ClFN3O2. The number of benzene rings is 3. The molecule has 0 aliphatic carbocycles. The van der Waals surface area contributed by atoms with Crippen LogP contribution in [0.2, 0.25) is 5.02 Å². The minimum absolute atomic E-state index is 0.258. The Labute approximate surface area is 182 Å². The van der Waals surface area contributed by atoms with Gasteiger partial charge >= 0.3 is 0 Å². The first-order chi connectivity index (χ1) is 15.1. The lowest BCUT2D eigenvalue weighted by molar-refractivity contribution is 0.306. The molecule has 0 fully saturated rings. The van der Waals surface area contributed by atoms with E-state index in [2.05, 4.69) is 15.1 Å². The molecule has 5 nitrogen and oxygen atoms in total. The van der Waals surface area contributed by atoms with Gasteiger partial charge in [-0.1, -0.05) is 41.0 Å². The number of aromatic nitrogens is 3. The standard InChI is InChI=1S/C24H17ClFN3O2/c25-18-5-10-21-17(12-18)13-22(27-21)24-28-23(31-29-24)11-15-3-8-20(9-4-15)30-14-16-1-6-19(26)7-2-16/h1-10,12-13,27H,11,14H2. The van der Waals surface area contributed by atoms with Crippen LogP contribution in [0.1, 0.15) is 17.0 Å². The molecule has 0 atom stereocenters. The predicted molar refractivity (Wildman–Crippen MR) is 117 cm³/mol. The molecule has 0 radical (unpaired) electrons. The molecule has 0 bridgehead atoms. The molecule has 0 spiro atoms. The lowest BCUT2D eigenvalue weighted by Crippen LogP contribution is -1.96. The maximum absolute atomic E-state index is 13.0. The molecule has 3 aromatic carbocycles. The summed E-state index contributed by atoms with van der Waals surface area (Å²) < 4.78 is 24.1. The van der Waals surface area contributed by atoms with E-state index in [0.29, 0.717) is 29.8 Å². The summed E-state index contributed by atoms with van der Waals surface area (Å²) >= 11 is 6.05. The Kier molecular flexibility index (Phi) is 5.14. The minimum atomic E-state index is -0.258. The van der Waals surface area contributed by atoms with Crippen molar-refractivity contribution in [2.75, 3.05) is 0 Å². The molecule has 0 amide bonds. The lowest BCUT2D eigenvalue weighted by Gasteiger charge is -2.07. The van der Waals surface area contributed by atoms with Crippen molar-refractivity contribution in [2.24, 2.45) is 0 Å². The zero-order valence-electron chi connectivity index (χ0n) is 16.3. The van der Waals surface area contributed by atoms with Gasteiger partial charge in [0.1, 0.15) is 18.2 Å². The van der Waals surface area contributed by atoms with Gasteiger partial charge in [0.25, 0.3) is 0 Å². The largest absolute Gasteiger partial charge is 0.489 e. The second-order valence-electron chi connectivity index (χ2n) is 7.16. The van der Waals surface area contributed by atoms with Crippen molar-refractivity contribution in [2.45, 2.75) is 13.0 Å². The summed E-state index contributed by atoms with van der Waals surface area (Å²) in [5, 5.41) is 5.75. The zero-order valence-corrected chi connectivity index (χ0v) is 17.1. The normalized spacial score (nSPS) is 11.2. The highest BCUT2D eigenvalue weighted by molar-refractivity contribution is 6.31. The third-order valence-electron chi connectivity index (χ3n) is 4.89. The molecule has 0 saturated heterocycles. The Morgan fingerprint density at radius 1 is 0.935 bits per heavy atom. The maximum atomic E-state index is 13.0. The van der Waals surface area contributed by atoms with Crippen LogP contribution in [0, 0.1) is 5.82 Å². The highest BCUT2D eigenvalue weighted by Gasteiger charge is 2.12. The van der Waals surface area contributed by atoms with E-state index in [1.54, 1.807) is 12.1 Å². The van der Waals surface area contributed by atoms with Crippen LogP contribution in [0.15, 0.2) is 77.3 Å². The summed E-state index contributed by atoms with van der Waals surface area (Å²) in [6.07, 6.45) is 0.511. The Morgan fingerprint density at radius 3 is 2.52 bits per heavy atom. The molecule has 5 aromatic rings. The number of ether oxygens (including phenoxy) is 1. The first-order valence-electron chi connectivity index (χ1n) is 9.70. The van der Waals surface area contributed by atoms with Crippen molar-refractivity contribution in [3.8, 4) is 17.3 Å². The van der Waals surface area contributed by atoms with Crippen molar-refractivity contribution in [1.29, 1.82) is 0 Å². The molecule has 0 saturated carbocycles. The average Bonchev–Trinajstić information content (AvgIpc) is 3.41. The fourth-order valence-corrected chi connectivity index (χ4v) is 3.47. The third kappa shape index (κ3) is 4.44. The summed E-state index contributed by atoms with van der Waals surface area (Å²) in [6, 6.07) is 21.5. The van der Waals surface area contributed by atoms with Gasteiger partial charge in [-0.15, -0.1) is 0 Å². The maximum Gasteiger partial charge on any atom is 0.231 e. The van der Waals surface area contributed by atoms with Gasteiger partial charge in [-0.05, 0) is 59.7 Å². The fourth-order valence-electron chi connectivity index (χ4n) is 3.29. The van der Waals surface area contributed by atoms with Crippen LogP contribution in [0.3, 0.4) is 0 Å². The summed E-state index contributed by atoms with van der Waals surface area (Å²) in [4.78, 5) is 7.77. The Morgan fingerprint density at radius 2 is 1.71 bits per heavy atom. The highest BCUT2D eigenvalue weighted by atomic mass is 35.5. The van der Waals surface area contributed by atoms with Gasteiger partial charge in [-0.2, -0.15) is 4.98 Å². The number of nitrogens with one attached hydrogen (secondary N) is 1. The average molecular weight is 434 g/mol. The topological polar surface area (TPSA) is 63.9 Å². The van der Waals surface area contributed by atoms with E-state index < -0.39 is 0 Å². The van der Waals surface area contributed by atoms with Gasteiger partial charge < -0.3 is 14.2 Å². The smallest absolute Gasteiger partial charge is 0.231 e. The van der Waals surface area contributed by atoms with E-state index in [1.165, 1.54) is 12.1 Å². The van der Waals surface area contributed by atoms with Crippen LogP contribution in [-0.2, 0) is 13.0 Å². The Bertz CT molecular complexity index is 1330. The second kappa shape index (κ2) is 8.24. The number of H-pyrrole nitrogens is 1. The van der Waals surface area contributed by atoms with Gasteiger partial charge in [-0.3, -0.25) is 0 Å². The van der Waals surface area contributed by atoms with E-state index in [0.717, 1.165) is 33.5 Å². The van der Waals surface area contributed by atoms with Crippen LogP contribution < -0.4 is 4.74 Å². The van der Waals surface area contributed by atoms with Gasteiger partial charge in [0.2, 0.25) is 11.7 Å².